The second-order valence-electron chi connectivity index (χ2n) is 4.06. The third-order valence-electron chi connectivity index (χ3n) is 2.99. The lowest BCUT2D eigenvalue weighted by Gasteiger charge is -2.15. The number of hydrogen-bond donors (Lipinski definition) is 0. The van der Waals surface area contributed by atoms with Gasteiger partial charge in [0.25, 0.3) is 5.43 Å². The number of ketones is 1. The molecule has 4 nitrogen and oxygen atoms in total. The maximum atomic E-state index is 12.1. The van der Waals surface area contributed by atoms with Crippen molar-refractivity contribution in [2.24, 2.45) is 0 Å². The van der Waals surface area contributed by atoms with Gasteiger partial charge in [-0.1, -0.05) is 37.3 Å². The highest BCUT2D eigenvalue weighted by Gasteiger charge is 2.30. The van der Waals surface area contributed by atoms with Crippen molar-refractivity contribution in [3.63, 3.8) is 0 Å². The molecule has 1 unspecified atom stereocenters. The molecule has 0 amide bonds. The van der Waals surface area contributed by atoms with E-state index in [0.29, 0.717) is 5.56 Å². The summed E-state index contributed by atoms with van der Waals surface area (Å²) in [5.41, 5.74) is -0.583. The fraction of sp³-hybridized carbons (Fsp3) is 0.214. The molecule has 0 aromatic heterocycles. The van der Waals surface area contributed by atoms with Crippen molar-refractivity contribution >= 4 is 5.78 Å². The predicted molar refractivity (Wildman–Crippen MR) is 67.1 cm³/mol. The van der Waals surface area contributed by atoms with Crippen molar-refractivity contribution < 1.29 is 9.53 Å². The Morgan fingerprint density at radius 1 is 1.11 bits per heavy atom. The van der Waals surface area contributed by atoms with E-state index in [2.05, 4.69) is 0 Å². The van der Waals surface area contributed by atoms with E-state index in [1.807, 2.05) is 0 Å². The lowest BCUT2D eigenvalue weighted by atomic mass is 9.89. The summed E-state index contributed by atoms with van der Waals surface area (Å²) < 4.78 is 4.85. The zero-order valence-electron chi connectivity index (χ0n) is 10.1. The number of Topliss-reactive ketones (excluding diaryl/α,β-unsaturated/α-hetero) is 1. The number of carbonyl (C=O) groups is 1. The molecule has 0 spiro atoms. The van der Waals surface area contributed by atoms with Gasteiger partial charge in [-0.25, -0.2) is 0 Å². The monoisotopic (exact) mass is 244 g/mol. The number of benzene rings is 1. The number of methoxy groups -OCH3 is 1. The standard InChI is InChI=1S/C14H12O4/c1-8(10-12(16)13(17)14(10)18-2)11(15)9-6-4-3-5-7-9/h3-8H,1-2H3. The maximum absolute atomic E-state index is 12.1. The lowest BCUT2D eigenvalue weighted by molar-refractivity contribution is 0.0963. The van der Waals surface area contributed by atoms with E-state index < -0.39 is 16.8 Å². The number of rotatable bonds is 4. The highest BCUT2D eigenvalue weighted by atomic mass is 16.5. The Morgan fingerprint density at radius 3 is 2.28 bits per heavy atom. The minimum atomic E-state index is -0.660. The fourth-order valence-electron chi connectivity index (χ4n) is 1.97. The normalized spacial score (nSPS) is 12.3. The second kappa shape index (κ2) is 4.56. The summed E-state index contributed by atoms with van der Waals surface area (Å²) >= 11 is 0. The largest absolute Gasteiger partial charge is 0.492 e. The first-order valence-electron chi connectivity index (χ1n) is 5.54. The van der Waals surface area contributed by atoms with E-state index in [0.717, 1.165) is 0 Å². The molecule has 0 saturated carbocycles. The summed E-state index contributed by atoms with van der Waals surface area (Å²) in [7, 11) is 1.32. The van der Waals surface area contributed by atoms with Crippen molar-refractivity contribution in [1.82, 2.24) is 0 Å². The topological polar surface area (TPSA) is 60.4 Å². The number of carbonyl (C=O) groups excluding carboxylic acids is 1. The molecule has 0 aliphatic carbocycles. The predicted octanol–water partition coefficient (Wildman–Crippen LogP) is 1.28. The molecular weight excluding hydrogens is 232 g/mol. The van der Waals surface area contributed by atoms with Gasteiger partial charge in [0.15, 0.2) is 11.5 Å². The quantitative estimate of drug-likeness (QED) is 0.600. The Morgan fingerprint density at radius 2 is 1.72 bits per heavy atom. The van der Waals surface area contributed by atoms with E-state index in [-0.39, 0.29) is 17.1 Å². The summed E-state index contributed by atoms with van der Waals surface area (Å²) in [6.45, 7) is 1.61. The average molecular weight is 244 g/mol. The van der Waals surface area contributed by atoms with E-state index in [9.17, 15) is 14.4 Å². The fourth-order valence-corrected chi connectivity index (χ4v) is 1.97. The highest BCUT2D eigenvalue weighted by molar-refractivity contribution is 6.01. The van der Waals surface area contributed by atoms with Gasteiger partial charge < -0.3 is 4.74 Å². The van der Waals surface area contributed by atoms with Gasteiger partial charge in [0.2, 0.25) is 5.43 Å². The van der Waals surface area contributed by atoms with Gasteiger partial charge in [-0.15, -0.1) is 0 Å². The van der Waals surface area contributed by atoms with Gasteiger partial charge >= 0.3 is 0 Å². The van der Waals surface area contributed by atoms with Crippen LogP contribution in [0, 0.1) is 0 Å². The van der Waals surface area contributed by atoms with Crippen LogP contribution in [0.3, 0.4) is 0 Å². The van der Waals surface area contributed by atoms with Crippen LogP contribution < -0.4 is 15.6 Å². The summed E-state index contributed by atoms with van der Waals surface area (Å²) in [6.07, 6.45) is 0. The molecule has 0 saturated heterocycles. The van der Waals surface area contributed by atoms with Crippen LogP contribution >= 0.6 is 0 Å². The minimum Gasteiger partial charge on any atom is -0.492 e. The molecule has 0 aliphatic rings. The first-order valence-corrected chi connectivity index (χ1v) is 5.54. The lowest BCUT2D eigenvalue weighted by Crippen LogP contribution is -2.39. The van der Waals surface area contributed by atoms with Crippen LogP contribution in [0.4, 0.5) is 0 Å². The summed E-state index contributed by atoms with van der Waals surface area (Å²) in [6, 6.07) is 8.66. The molecule has 2 aromatic rings. The molecule has 0 radical (unpaired) electrons. The van der Waals surface area contributed by atoms with E-state index in [1.54, 1.807) is 37.3 Å². The Labute approximate surface area is 104 Å². The third-order valence-corrected chi connectivity index (χ3v) is 2.99. The summed E-state index contributed by atoms with van der Waals surface area (Å²) in [4.78, 5) is 34.8. The SMILES string of the molecule is COc1c(C(C)C(=O)c2ccccc2)c(=O)c1=O. The van der Waals surface area contributed by atoms with Crippen molar-refractivity contribution in [2.75, 3.05) is 7.11 Å². The number of ether oxygens (including phenoxy) is 1. The van der Waals surface area contributed by atoms with Crippen LogP contribution in [-0.2, 0) is 0 Å². The van der Waals surface area contributed by atoms with Gasteiger partial charge in [0.1, 0.15) is 0 Å². The average Bonchev–Trinajstić information content (AvgIpc) is 2.42. The van der Waals surface area contributed by atoms with Crippen LogP contribution in [0.1, 0.15) is 28.8 Å². The van der Waals surface area contributed by atoms with E-state index in [1.165, 1.54) is 7.11 Å². The summed E-state index contributed by atoms with van der Waals surface area (Å²) in [5.74, 6) is -0.842. The van der Waals surface area contributed by atoms with Crippen molar-refractivity contribution in [1.29, 1.82) is 0 Å². The molecule has 0 bridgehead atoms. The van der Waals surface area contributed by atoms with Gasteiger partial charge in [0.05, 0.1) is 18.6 Å². The van der Waals surface area contributed by atoms with Crippen LogP contribution in [0.15, 0.2) is 39.9 Å². The van der Waals surface area contributed by atoms with Crippen molar-refractivity contribution in [3.05, 3.63) is 61.9 Å². The molecule has 0 aliphatic heterocycles. The smallest absolute Gasteiger partial charge is 0.268 e. The molecule has 0 fully saturated rings. The summed E-state index contributed by atoms with van der Waals surface area (Å²) in [5, 5.41) is 0. The minimum absolute atomic E-state index is 0.0109. The first-order chi connectivity index (χ1) is 8.57. The highest BCUT2D eigenvalue weighted by Crippen LogP contribution is 2.24. The second-order valence-corrected chi connectivity index (χ2v) is 4.06. The zero-order valence-corrected chi connectivity index (χ0v) is 10.1. The molecule has 92 valence electrons. The first kappa shape index (κ1) is 12.2. The Kier molecular flexibility index (Phi) is 3.10. The maximum Gasteiger partial charge on any atom is 0.268 e. The van der Waals surface area contributed by atoms with Crippen LogP contribution in [0.5, 0.6) is 5.75 Å². The Bertz CT molecular complexity index is 648. The van der Waals surface area contributed by atoms with Crippen LogP contribution in [-0.4, -0.2) is 12.9 Å². The van der Waals surface area contributed by atoms with Crippen LogP contribution in [0.25, 0.3) is 0 Å². The van der Waals surface area contributed by atoms with Gasteiger partial charge in [-0.3, -0.25) is 14.4 Å². The molecular formula is C14H12O4. The van der Waals surface area contributed by atoms with Gasteiger partial charge in [-0.2, -0.15) is 0 Å². The molecule has 1 atom stereocenters. The molecule has 18 heavy (non-hydrogen) atoms. The van der Waals surface area contributed by atoms with Gasteiger partial charge in [-0.05, 0) is 0 Å². The Balaban J connectivity index is 2.36. The van der Waals surface area contributed by atoms with Crippen molar-refractivity contribution in [3.8, 4) is 5.75 Å². The molecule has 0 heterocycles. The van der Waals surface area contributed by atoms with E-state index in [4.69, 9.17) is 4.74 Å². The Hall–Kier alpha value is -2.23. The van der Waals surface area contributed by atoms with Gasteiger partial charge in [0, 0.05) is 5.56 Å². The number of hydrogen-bond acceptors (Lipinski definition) is 4. The molecule has 4 heteroatoms. The van der Waals surface area contributed by atoms with E-state index >= 15 is 0 Å². The molecule has 2 rings (SSSR count). The molecule has 0 N–H and O–H groups in total. The van der Waals surface area contributed by atoms with Crippen molar-refractivity contribution in [2.45, 2.75) is 12.8 Å². The zero-order chi connectivity index (χ0) is 13.3. The third kappa shape index (κ3) is 1.76. The molecule has 2 aromatic carbocycles. The van der Waals surface area contributed by atoms with Crippen LogP contribution in [0.2, 0.25) is 0 Å².